The Labute approximate surface area is 157 Å². The van der Waals surface area contributed by atoms with Crippen LogP contribution in [0.1, 0.15) is 31.7 Å². The minimum absolute atomic E-state index is 0.523. The third-order valence-corrected chi connectivity index (χ3v) is 5.29. The van der Waals surface area contributed by atoms with Crippen LogP contribution in [0.15, 0.2) is 41.4 Å². The fourth-order valence-electron chi connectivity index (χ4n) is 3.44. The molecule has 2 aliphatic rings. The Morgan fingerprint density at radius 3 is 2.54 bits per heavy atom. The van der Waals surface area contributed by atoms with Crippen LogP contribution in [-0.4, -0.2) is 72.3 Å². The van der Waals surface area contributed by atoms with Crippen molar-refractivity contribution in [2.75, 3.05) is 45.8 Å². The predicted molar refractivity (Wildman–Crippen MR) is 108 cm³/mol. The van der Waals surface area contributed by atoms with Gasteiger partial charge in [-0.2, -0.15) is 0 Å². The second-order valence-electron chi connectivity index (χ2n) is 7.35. The Kier molecular flexibility index (Phi) is 6.69. The van der Waals surface area contributed by atoms with Crippen LogP contribution >= 0.6 is 0 Å². The third-order valence-electron chi connectivity index (χ3n) is 5.29. The average molecular weight is 357 g/mol. The quantitative estimate of drug-likeness (QED) is 0.606. The zero-order chi connectivity index (χ0) is 18.2. The van der Waals surface area contributed by atoms with Crippen molar-refractivity contribution in [2.45, 2.75) is 31.8 Å². The number of benzene rings is 1. The van der Waals surface area contributed by atoms with E-state index in [1.165, 1.54) is 5.56 Å². The van der Waals surface area contributed by atoms with Gasteiger partial charge >= 0.3 is 0 Å². The van der Waals surface area contributed by atoms with Gasteiger partial charge < -0.3 is 15.3 Å². The van der Waals surface area contributed by atoms with Gasteiger partial charge in [0.2, 0.25) is 0 Å². The Balaban J connectivity index is 1.46. The van der Waals surface area contributed by atoms with Crippen LogP contribution in [0.4, 0.5) is 0 Å². The molecule has 0 unspecified atom stereocenters. The number of nitrogens with zero attached hydrogens (tertiary/aromatic N) is 3. The molecular formula is C21H32N4O. The number of guanidine groups is 1. The number of hydrogen-bond donors (Lipinski definition) is 2. The zero-order valence-corrected chi connectivity index (χ0v) is 15.9. The SMILES string of the molecule is CCNC(=NCC1(O)CCC1)N1CCN(C/C=C/c2ccccc2)CC1. The molecule has 142 valence electrons. The van der Waals surface area contributed by atoms with Crippen molar-refractivity contribution in [2.24, 2.45) is 4.99 Å². The van der Waals surface area contributed by atoms with E-state index in [9.17, 15) is 5.11 Å². The van der Waals surface area contributed by atoms with Gasteiger partial charge in [-0.05, 0) is 31.7 Å². The first kappa shape index (κ1) is 18.9. The van der Waals surface area contributed by atoms with Gasteiger partial charge in [0, 0.05) is 39.3 Å². The van der Waals surface area contributed by atoms with Crippen molar-refractivity contribution < 1.29 is 5.11 Å². The van der Waals surface area contributed by atoms with Crippen molar-refractivity contribution in [3.63, 3.8) is 0 Å². The molecule has 1 aliphatic heterocycles. The van der Waals surface area contributed by atoms with Gasteiger partial charge in [0.25, 0.3) is 0 Å². The lowest BCUT2D eigenvalue weighted by atomic mass is 9.80. The van der Waals surface area contributed by atoms with E-state index in [-0.39, 0.29) is 0 Å². The molecule has 5 heteroatoms. The first-order chi connectivity index (χ1) is 12.7. The molecule has 5 nitrogen and oxygen atoms in total. The summed E-state index contributed by atoms with van der Waals surface area (Å²) in [6.07, 6.45) is 7.33. The van der Waals surface area contributed by atoms with E-state index in [1.807, 2.05) is 6.07 Å². The average Bonchev–Trinajstić information content (AvgIpc) is 2.65. The summed E-state index contributed by atoms with van der Waals surface area (Å²) in [6, 6.07) is 10.4. The van der Waals surface area contributed by atoms with Crippen molar-refractivity contribution in [1.29, 1.82) is 0 Å². The van der Waals surface area contributed by atoms with Crippen molar-refractivity contribution in [3.05, 3.63) is 42.0 Å². The molecular weight excluding hydrogens is 324 g/mol. The number of rotatable bonds is 6. The van der Waals surface area contributed by atoms with Gasteiger partial charge in [0.15, 0.2) is 5.96 Å². The van der Waals surface area contributed by atoms with Crippen LogP contribution in [-0.2, 0) is 0 Å². The first-order valence-corrected chi connectivity index (χ1v) is 9.88. The molecule has 26 heavy (non-hydrogen) atoms. The summed E-state index contributed by atoms with van der Waals surface area (Å²) in [5.74, 6) is 0.951. The second kappa shape index (κ2) is 9.19. The van der Waals surface area contributed by atoms with Gasteiger partial charge in [0.1, 0.15) is 0 Å². The lowest BCUT2D eigenvalue weighted by molar-refractivity contribution is -0.0238. The number of hydrogen-bond acceptors (Lipinski definition) is 3. The summed E-state index contributed by atoms with van der Waals surface area (Å²) in [7, 11) is 0. The third kappa shape index (κ3) is 5.32. The molecule has 2 fully saturated rings. The molecule has 1 aromatic rings. The van der Waals surface area contributed by atoms with Crippen LogP contribution < -0.4 is 5.32 Å². The molecule has 0 bridgehead atoms. The smallest absolute Gasteiger partial charge is 0.194 e. The topological polar surface area (TPSA) is 51.1 Å². The standard InChI is InChI=1S/C21H32N4O/c1-2-22-20(23-18-21(26)11-7-12-21)25-16-14-24(15-17-25)13-6-10-19-8-4-3-5-9-19/h3-6,8-10,26H,2,7,11-18H2,1H3,(H,22,23)/b10-6+. The molecule has 0 radical (unpaired) electrons. The zero-order valence-electron chi connectivity index (χ0n) is 15.9. The number of piperazine rings is 1. The summed E-state index contributed by atoms with van der Waals surface area (Å²) >= 11 is 0. The predicted octanol–water partition coefficient (Wildman–Crippen LogP) is 2.20. The van der Waals surface area contributed by atoms with Crippen LogP contribution in [0.2, 0.25) is 0 Å². The first-order valence-electron chi connectivity index (χ1n) is 9.88. The normalized spacial score (nSPS) is 21.0. The van der Waals surface area contributed by atoms with E-state index in [4.69, 9.17) is 4.99 Å². The van der Waals surface area contributed by atoms with Crippen molar-refractivity contribution >= 4 is 12.0 Å². The molecule has 3 rings (SSSR count). The van der Waals surface area contributed by atoms with Crippen molar-refractivity contribution in [1.82, 2.24) is 15.1 Å². The Morgan fingerprint density at radius 2 is 1.92 bits per heavy atom. The Hall–Kier alpha value is -1.85. The molecule has 1 saturated carbocycles. The highest BCUT2D eigenvalue weighted by Crippen LogP contribution is 2.31. The van der Waals surface area contributed by atoms with E-state index in [1.54, 1.807) is 0 Å². The van der Waals surface area contributed by atoms with E-state index < -0.39 is 5.60 Å². The minimum atomic E-state index is -0.551. The number of nitrogens with one attached hydrogen (secondary N) is 1. The molecule has 0 atom stereocenters. The fraction of sp³-hybridized carbons (Fsp3) is 0.571. The van der Waals surface area contributed by atoms with Gasteiger partial charge in [-0.3, -0.25) is 9.89 Å². The summed E-state index contributed by atoms with van der Waals surface area (Å²) in [6.45, 7) is 8.48. The Bertz CT molecular complexity index is 602. The van der Waals surface area contributed by atoms with Gasteiger partial charge in [-0.1, -0.05) is 42.5 Å². The molecule has 0 spiro atoms. The monoisotopic (exact) mass is 356 g/mol. The molecule has 1 heterocycles. The summed E-state index contributed by atoms with van der Waals surface area (Å²) in [5, 5.41) is 13.7. The maximum Gasteiger partial charge on any atom is 0.194 e. The van der Waals surface area contributed by atoms with E-state index >= 15 is 0 Å². The number of aliphatic imine (C=N–C) groups is 1. The summed E-state index contributed by atoms with van der Waals surface area (Å²) in [5.41, 5.74) is 0.701. The fourth-order valence-corrected chi connectivity index (χ4v) is 3.44. The molecule has 0 amide bonds. The minimum Gasteiger partial charge on any atom is -0.388 e. The van der Waals surface area contributed by atoms with Gasteiger partial charge in [0.05, 0.1) is 12.1 Å². The highest BCUT2D eigenvalue weighted by atomic mass is 16.3. The lowest BCUT2D eigenvalue weighted by Crippen LogP contribution is -2.53. The number of aliphatic hydroxyl groups is 1. The van der Waals surface area contributed by atoms with E-state index in [0.717, 1.165) is 64.5 Å². The molecule has 2 N–H and O–H groups in total. The molecule has 1 saturated heterocycles. The van der Waals surface area contributed by atoms with Crippen molar-refractivity contribution in [3.8, 4) is 0 Å². The van der Waals surface area contributed by atoms with Crippen LogP contribution in [0.3, 0.4) is 0 Å². The maximum atomic E-state index is 10.3. The molecule has 1 aromatic carbocycles. The van der Waals surface area contributed by atoms with E-state index in [0.29, 0.717) is 6.54 Å². The van der Waals surface area contributed by atoms with Crippen LogP contribution in [0, 0.1) is 0 Å². The van der Waals surface area contributed by atoms with E-state index in [2.05, 4.69) is 58.5 Å². The molecule has 0 aromatic heterocycles. The van der Waals surface area contributed by atoms with Crippen LogP contribution in [0.5, 0.6) is 0 Å². The van der Waals surface area contributed by atoms with Gasteiger partial charge in [-0.15, -0.1) is 0 Å². The highest BCUT2D eigenvalue weighted by molar-refractivity contribution is 5.80. The summed E-state index contributed by atoms with van der Waals surface area (Å²) in [4.78, 5) is 9.50. The second-order valence-corrected chi connectivity index (χ2v) is 7.35. The van der Waals surface area contributed by atoms with Gasteiger partial charge in [-0.25, -0.2) is 0 Å². The lowest BCUT2D eigenvalue weighted by Gasteiger charge is -2.38. The highest BCUT2D eigenvalue weighted by Gasteiger charge is 2.34. The Morgan fingerprint density at radius 1 is 1.19 bits per heavy atom. The largest absolute Gasteiger partial charge is 0.388 e. The molecule has 1 aliphatic carbocycles. The summed E-state index contributed by atoms with van der Waals surface area (Å²) < 4.78 is 0. The maximum absolute atomic E-state index is 10.3. The van der Waals surface area contributed by atoms with Crippen LogP contribution in [0.25, 0.3) is 6.08 Å².